The van der Waals surface area contributed by atoms with Crippen LogP contribution in [0.3, 0.4) is 0 Å². The minimum absolute atomic E-state index is 0.248. The molecule has 0 saturated carbocycles. The standard InChI is InChI=1S/C9H17NO2/c1-2-3-5-8(11)6-4-7-9(10)12/h2-7H2,1H3,(H2,10,12). The zero-order chi connectivity index (χ0) is 9.40. The van der Waals surface area contributed by atoms with E-state index in [1.54, 1.807) is 0 Å². The van der Waals surface area contributed by atoms with Gasteiger partial charge in [0.15, 0.2) is 0 Å². The van der Waals surface area contributed by atoms with E-state index in [1.807, 2.05) is 0 Å². The first-order chi connectivity index (χ1) is 5.66. The van der Waals surface area contributed by atoms with Crippen LogP contribution in [-0.4, -0.2) is 11.7 Å². The SMILES string of the molecule is CCCCC(=O)CCCC(N)=O. The Bertz CT molecular complexity index is 155. The lowest BCUT2D eigenvalue weighted by atomic mass is 10.1. The van der Waals surface area contributed by atoms with E-state index in [1.165, 1.54) is 0 Å². The third kappa shape index (κ3) is 7.25. The number of hydrogen-bond acceptors (Lipinski definition) is 2. The van der Waals surface area contributed by atoms with Crippen LogP contribution in [0.1, 0.15) is 45.4 Å². The number of amides is 1. The van der Waals surface area contributed by atoms with Crippen LogP contribution in [0.5, 0.6) is 0 Å². The number of carbonyl (C=O) groups is 2. The Kier molecular flexibility index (Phi) is 6.34. The fraction of sp³-hybridized carbons (Fsp3) is 0.778. The van der Waals surface area contributed by atoms with Crippen LogP contribution in [-0.2, 0) is 9.59 Å². The Labute approximate surface area is 73.3 Å². The molecule has 2 N–H and O–H groups in total. The number of ketones is 1. The summed E-state index contributed by atoms with van der Waals surface area (Å²) in [4.78, 5) is 21.3. The van der Waals surface area contributed by atoms with E-state index in [2.05, 4.69) is 6.92 Å². The summed E-state index contributed by atoms with van der Waals surface area (Å²) < 4.78 is 0. The second-order valence-electron chi connectivity index (χ2n) is 2.96. The van der Waals surface area contributed by atoms with Crippen LogP contribution < -0.4 is 5.73 Å². The molecule has 0 aromatic carbocycles. The number of carbonyl (C=O) groups excluding carboxylic acids is 2. The first-order valence-corrected chi connectivity index (χ1v) is 4.46. The first kappa shape index (κ1) is 11.1. The number of Topliss-reactive ketones (excluding diaryl/α,β-unsaturated/α-hetero) is 1. The molecule has 0 saturated heterocycles. The Balaban J connectivity index is 3.25. The highest BCUT2D eigenvalue weighted by Gasteiger charge is 2.01. The summed E-state index contributed by atoms with van der Waals surface area (Å²) in [6.07, 6.45) is 4.09. The van der Waals surface area contributed by atoms with Crippen LogP contribution in [0.4, 0.5) is 0 Å². The van der Waals surface area contributed by atoms with Crippen molar-refractivity contribution in [1.29, 1.82) is 0 Å². The molecule has 0 rings (SSSR count). The summed E-state index contributed by atoms with van der Waals surface area (Å²) in [6.45, 7) is 2.05. The molecule has 0 unspecified atom stereocenters. The van der Waals surface area contributed by atoms with Crippen molar-refractivity contribution in [3.05, 3.63) is 0 Å². The van der Waals surface area contributed by atoms with Crippen molar-refractivity contribution < 1.29 is 9.59 Å². The number of nitrogens with two attached hydrogens (primary N) is 1. The molecular weight excluding hydrogens is 154 g/mol. The van der Waals surface area contributed by atoms with Crippen molar-refractivity contribution in [3.63, 3.8) is 0 Å². The van der Waals surface area contributed by atoms with Gasteiger partial charge in [-0.2, -0.15) is 0 Å². The number of hydrogen-bond donors (Lipinski definition) is 1. The van der Waals surface area contributed by atoms with Crippen LogP contribution in [0.2, 0.25) is 0 Å². The second-order valence-corrected chi connectivity index (χ2v) is 2.96. The Morgan fingerprint density at radius 3 is 2.17 bits per heavy atom. The maximum Gasteiger partial charge on any atom is 0.217 e. The van der Waals surface area contributed by atoms with Gasteiger partial charge in [-0.25, -0.2) is 0 Å². The largest absolute Gasteiger partial charge is 0.370 e. The summed E-state index contributed by atoms with van der Waals surface area (Å²) in [7, 11) is 0. The van der Waals surface area contributed by atoms with E-state index in [0.29, 0.717) is 25.7 Å². The minimum atomic E-state index is -0.321. The van der Waals surface area contributed by atoms with Gasteiger partial charge < -0.3 is 5.73 Å². The lowest BCUT2D eigenvalue weighted by Crippen LogP contribution is -2.10. The van der Waals surface area contributed by atoms with Crippen molar-refractivity contribution in [2.45, 2.75) is 45.4 Å². The van der Waals surface area contributed by atoms with Gasteiger partial charge in [0.2, 0.25) is 5.91 Å². The summed E-state index contributed by atoms with van der Waals surface area (Å²) in [5, 5.41) is 0. The summed E-state index contributed by atoms with van der Waals surface area (Å²) in [5.74, 6) is -0.0728. The number of unbranched alkanes of at least 4 members (excludes halogenated alkanes) is 1. The Morgan fingerprint density at radius 1 is 1.08 bits per heavy atom. The van der Waals surface area contributed by atoms with Gasteiger partial charge >= 0.3 is 0 Å². The van der Waals surface area contributed by atoms with Crippen LogP contribution in [0, 0.1) is 0 Å². The molecule has 0 heterocycles. The first-order valence-electron chi connectivity index (χ1n) is 4.46. The highest BCUT2D eigenvalue weighted by atomic mass is 16.1. The third-order valence-electron chi connectivity index (χ3n) is 1.69. The van der Waals surface area contributed by atoms with Gasteiger partial charge in [-0.05, 0) is 12.8 Å². The third-order valence-corrected chi connectivity index (χ3v) is 1.69. The van der Waals surface area contributed by atoms with E-state index in [0.717, 1.165) is 12.8 Å². The number of rotatable bonds is 7. The molecule has 0 atom stereocenters. The van der Waals surface area contributed by atoms with E-state index in [9.17, 15) is 9.59 Å². The van der Waals surface area contributed by atoms with Gasteiger partial charge in [-0.1, -0.05) is 13.3 Å². The van der Waals surface area contributed by atoms with E-state index in [-0.39, 0.29) is 11.7 Å². The fourth-order valence-corrected chi connectivity index (χ4v) is 0.959. The molecule has 3 nitrogen and oxygen atoms in total. The molecular formula is C9H17NO2. The molecule has 70 valence electrons. The molecule has 0 aliphatic carbocycles. The van der Waals surface area contributed by atoms with E-state index in [4.69, 9.17) is 5.73 Å². The van der Waals surface area contributed by atoms with Crippen molar-refractivity contribution in [1.82, 2.24) is 0 Å². The topological polar surface area (TPSA) is 60.2 Å². The van der Waals surface area contributed by atoms with Gasteiger partial charge in [0.05, 0.1) is 0 Å². The maximum atomic E-state index is 11.0. The van der Waals surface area contributed by atoms with Gasteiger partial charge in [0.1, 0.15) is 5.78 Å². The Morgan fingerprint density at radius 2 is 1.67 bits per heavy atom. The minimum Gasteiger partial charge on any atom is -0.370 e. The summed E-state index contributed by atoms with van der Waals surface area (Å²) >= 11 is 0. The molecule has 0 aromatic rings. The molecule has 1 amide bonds. The van der Waals surface area contributed by atoms with Crippen LogP contribution in [0.25, 0.3) is 0 Å². The molecule has 0 aliphatic heterocycles. The van der Waals surface area contributed by atoms with Gasteiger partial charge in [-0.3, -0.25) is 9.59 Å². The average molecular weight is 171 g/mol. The van der Waals surface area contributed by atoms with Crippen LogP contribution in [0.15, 0.2) is 0 Å². The lowest BCUT2D eigenvalue weighted by molar-refractivity contribution is -0.120. The molecule has 3 heteroatoms. The zero-order valence-corrected chi connectivity index (χ0v) is 7.64. The summed E-state index contributed by atoms with van der Waals surface area (Å²) in [5.41, 5.74) is 4.93. The second kappa shape index (κ2) is 6.83. The van der Waals surface area contributed by atoms with Crippen molar-refractivity contribution in [2.75, 3.05) is 0 Å². The monoisotopic (exact) mass is 171 g/mol. The molecule has 0 aromatic heterocycles. The molecule has 0 fully saturated rings. The van der Waals surface area contributed by atoms with Crippen molar-refractivity contribution in [2.24, 2.45) is 5.73 Å². The smallest absolute Gasteiger partial charge is 0.217 e. The summed E-state index contributed by atoms with van der Waals surface area (Å²) in [6, 6.07) is 0. The Hall–Kier alpha value is -0.860. The highest BCUT2D eigenvalue weighted by molar-refractivity contribution is 5.79. The van der Waals surface area contributed by atoms with E-state index >= 15 is 0 Å². The predicted octanol–water partition coefficient (Wildman–Crippen LogP) is 1.40. The average Bonchev–Trinajstić information content (AvgIpc) is 2.00. The molecule has 0 spiro atoms. The molecule has 0 bridgehead atoms. The van der Waals surface area contributed by atoms with Gasteiger partial charge in [-0.15, -0.1) is 0 Å². The number of primary amides is 1. The normalized spacial score (nSPS) is 9.75. The lowest BCUT2D eigenvalue weighted by Gasteiger charge is -1.97. The molecule has 0 aliphatic rings. The molecule has 12 heavy (non-hydrogen) atoms. The van der Waals surface area contributed by atoms with Crippen molar-refractivity contribution >= 4 is 11.7 Å². The zero-order valence-electron chi connectivity index (χ0n) is 7.64. The van der Waals surface area contributed by atoms with Gasteiger partial charge in [0.25, 0.3) is 0 Å². The van der Waals surface area contributed by atoms with Crippen molar-refractivity contribution in [3.8, 4) is 0 Å². The maximum absolute atomic E-state index is 11.0. The predicted molar refractivity (Wildman–Crippen MR) is 47.6 cm³/mol. The van der Waals surface area contributed by atoms with Crippen LogP contribution >= 0.6 is 0 Å². The van der Waals surface area contributed by atoms with Gasteiger partial charge in [0, 0.05) is 19.3 Å². The van der Waals surface area contributed by atoms with E-state index < -0.39 is 0 Å². The highest BCUT2D eigenvalue weighted by Crippen LogP contribution is 2.02. The fourth-order valence-electron chi connectivity index (χ4n) is 0.959. The quantitative estimate of drug-likeness (QED) is 0.629. The molecule has 0 radical (unpaired) electrons.